The van der Waals surface area contributed by atoms with E-state index in [-0.39, 0.29) is 11.8 Å². The Hall–Kier alpha value is -2.33. The Morgan fingerprint density at radius 2 is 1.59 bits per heavy atom. The van der Waals surface area contributed by atoms with Crippen LogP contribution in [0.15, 0.2) is 48.5 Å². The molecule has 1 unspecified atom stereocenters. The molecule has 2 aromatic carbocycles. The number of carbonyl (C=O) groups is 1. The molecule has 4 nitrogen and oxygen atoms in total. The van der Waals surface area contributed by atoms with Crippen molar-refractivity contribution in [3.63, 3.8) is 0 Å². The lowest BCUT2D eigenvalue weighted by molar-refractivity contribution is -0.131. The molecule has 0 saturated carbocycles. The number of benzene rings is 2. The smallest absolute Gasteiger partial charge is 0.234 e. The number of nitrogens with zero attached hydrogens (tertiary/aromatic N) is 2. The van der Waals surface area contributed by atoms with Gasteiger partial charge in [-0.1, -0.05) is 50.2 Å². The molecule has 2 aliphatic rings. The van der Waals surface area contributed by atoms with Gasteiger partial charge in [-0.05, 0) is 50.4 Å². The topological polar surface area (TPSA) is 32.8 Å². The highest BCUT2D eigenvalue weighted by Crippen LogP contribution is 2.44. The molecule has 1 fully saturated rings. The van der Waals surface area contributed by atoms with E-state index in [1.807, 2.05) is 60.5 Å². The zero-order valence-corrected chi connectivity index (χ0v) is 17.8. The predicted octanol–water partition coefficient (Wildman–Crippen LogP) is 4.89. The van der Waals surface area contributed by atoms with Gasteiger partial charge in [0.1, 0.15) is 11.5 Å². The number of hydrogen-bond acceptors (Lipinski definition) is 3. The minimum Gasteiger partial charge on any atom is -0.457 e. The van der Waals surface area contributed by atoms with E-state index in [1.54, 1.807) is 0 Å². The Morgan fingerprint density at radius 3 is 2.14 bits per heavy atom. The zero-order valence-electron chi connectivity index (χ0n) is 17.8. The molecule has 4 heteroatoms. The average molecular weight is 393 g/mol. The van der Waals surface area contributed by atoms with Gasteiger partial charge < -0.3 is 9.64 Å². The molecule has 0 radical (unpaired) electrons. The van der Waals surface area contributed by atoms with E-state index in [9.17, 15) is 4.79 Å². The summed E-state index contributed by atoms with van der Waals surface area (Å²) in [6, 6.07) is 16.3. The first-order valence-electron chi connectivity index (χ1n) is 10.9. The van der Waals surface area contributed by atoms with Crippen LogP contribution in [0.5, 0.6) is 11.5 Å². The minimum absolute atomic E-state index is 0.154. The van der Waals surface area contributed by atoms with Crippen molar-refractivity contribution in [1.82, 2.24) is 9.80 Å². The standard InChI is InChI=1S/C25H32N2O2/c1-18(2)16-19(27-14-8-9-15-27)17-26(3)25(28)24-20-10-4-6-12-22(20)29-23-13-7-5-11-21(23)24/h4-7,10-13,18-19,24H,8-9,14-17H2,1-3H3. The maximum absolute atomic E-state index is 13.7. The third kappa shape index (κ3) is 4.18. The number of likely N-dealkylation sites (N-methyl/N-ethyl adjacent to an activating group) is 1. The average Bonchev–Trinajstić information content (AvgIpc) is 3.25. The molecule has 2 aliphatic heterocycles. The Bertz CT molecular complexity index is 812. The van der Waals surface area contributed by atoms with Crippen LogP contribution in [0.3, 0.4) is 0 Å². The van der Waals surface area contributed by atoms with Gasteiger partial charge in [-0.3, -0.25) is 9.69 Å². The molecular weight excluding hydrogens is 360 g/mol. The number of fused-ring (bicyclic) bond motifs is 2. The minimum atomic E-state index is -0.306. The highest BCUT2D eigenvalue weighted by atomic mass is 16.5. The molecular formula is C25H32N2O2. The molecule has 29 heavy (non-hydrogen) atoms. The van der Waals surface area contributed by atoms with Crippen molar-refractivity contribution in [2.24, 2.45) is 5.92 Å². The fourth-order valence-corrected chi connectivity index (χ4v) is 4.79. The number of carbonyl (C=O) groups excluding carboxylic acids is 1. The molecule has 4 rings (SSSR count). The van der Waals surface area contributed by atoms with Crippen LogP contribution >= 0.6 is 0 Å². The Morgan fingerprint density at radius 1 is 1.03 bits per heavy atom. The maximum Gasteiger partial charge on any atom is 0.234 e. The monoisotopic (exact) mass is 392 g/mol. The molecule has 0 N–H and O–H groups in total. The van der Waals surface area contributed by atoms with E-state index in [4.69, 9.17) is 4.74 Å². The van der Waals surface area contributed by atoms with Gasteiger partial charge in [0.15, 0.2) is 0 Å². The number of rotatable bonds is 6. The third-order valence-corrected chi connectivity index (χ3v) is 6.19. The molecule has 0 spiro atoms. The van der Waals surface area contributed by atoms with E-state index in [2.05, 4.69) is 18.7 Å². The summed E-state index contributed by atoms with van der Waals surface area (Å²) in [6.07, 6.45) is 3.67. The number of amides is 1. The first-order chi connectivity index (χ1) is 14.0. The second-order valence-corrected chi connectivity index (χ2v) is 8.86. The molecule has 1 saturated heterocycles. The van der Waals surface area contributed by atoms with Crippen molar-refractivity contribution < 1.29 is 9.53 Å². The molecule has 2 aromatic rings. The number of hydrogen-bond donors (Lipinski definition) is 0. The van der Waals surface area contributed by atoms with Crippen molar-refractivity contribution in [2.75, 3.05) is 26.7 Å². The van der Waals surface area contributed by atoms with Crippen LogP contribution in [-0.4, -0.2) is 48.4 Å². The lowest BCUT2D eigenvalue weighted by Gasteiger charge is -2.35. The summed E-state index contributed by atoms with van der Waals surface area (Å²) >= 11 is 0. The molecule has 2 heterocycles. The Balaban J connectivity index is 1.60. The van der Waals surface area contributed by atoms with Gasteiger partial charge in [0.25, 0.3) is 0 Å². The summed E-state index contributed by atoms with van der Waals surface area (Å²) in [5.74, 6) is 2.04. The van der Waals surface area contributed by atoms with Crippen LogP contribution in [0.25, 0.3) is 0 Å². The fourth-order valence-electron chi connectivity index (χ4n) is 4.79. The van der Waals surface area contributed by atoms with Gasteiger partial charge in [0.05, 0.1) is 5.92 Å². The van der Waals surface area contributed by atoms with Gasteiger partial charge in [-0.15, -0.1) is 0 Å². The van der Waals surface area contributed by atoms with Crippen molar-refractivity contribution in [3.05, 3.63) is 59.7 Å². The predicted molar refractivity (Wildman–Crippen MR) is 116 cm³/mol. The summed E-state index contributed by atoms with van der Waals surface area (Å²) < 4.78 is 6.07. The number of ether oxygens (including phenoxy) is 1. The first kappa shape index (κ1) is 20.0. The second-order valence-electron chi connectivity index (χ2n) is 8.86. The Kier molecular flexibility index (Phi) is 5.91. The van der Waals surface area contributed by atoms with E-state index >= 15 is 0 Å². The summed E-state index contributed by atoms with van der Waals surface area (Å²) in [6.45, 7) is 7.63. The van der Waals surface area contributed by atoms with Gasteiger partial charge >= 0.3 is 0 Å². The van der Waals surface area contributed by atoms with E-state index in [1.165, 1.54) is 12.8 Å². The molecule has 1 atom stereocenters. The first-order valence-corrected chi connectivity index (χ1v) is 10.9. The normalized spacial score (nSPS) is 17.5. The Labute approximate surface area is 174 Å². The zero-order chi connectivity index (χ0) is 20.4. The second kappa shape index (κ2) is 8.58. The quantitative estimate of drug-likeness (QED) is 0.701. The van der Waals surface area contributed by atoms with Gasteiger partial charge in [-0.2, -0.15) is 0 Å². The molecule has 1 amide bonds. The van der Waals surface area contributed by atoms with Gasteiger partial charge in [0.2, 0.25) is 5.91 Å². The SMILES string of the molecule is CC(C)CC(CN(C)C(=O)C1c2ccccc2Oc2ccccc21)N1CCCC1. The van der Waals surface area contributed by atoms with Crippen LogP contribution in [0.2, 0.25) is 0 Å². The van der Waals surface area contributed by atoms with Crippen molar-refractivity contribution in [1.29, 1.82) is 0 Å². The highest BCUT2D eigenvalue weighted by Gasteiger charge is 2.35. The molecule has 0 bridgehead atoms. The molecule has 0 aliphatic carbocycles. The third-order valence-electron chi connectivity index (χ3n) is 6.19. The molecule has 154 valence electrons. The van der Waals surface area contributed by atoms with Crippen LogP contribution < -0.4 is 4.74 Å². The lowest BCUT2D eigenvalue weighted by Crippen LogP contribution is -2.45. The van der Waals surface area contributed by atoms with Crippen LogP contribution in [0.4, 0.5) is 0 Å². The molecule has 0 aromatic heterocycles. The maximum atomic E-state index is 13.7. The van der Waals surface area contributed by atoms with Gasteiger partial charge in [0, 0.05) is 30.8 Å². The van der Waals surface area contributed by atoms with Crippen molar-refractivity contribution >= 4 is 5.91 Å². The van der Waals surface area contributed by atoms with Crippen molar-refractivity contribution in [2.45, 2.75) is 45.1 Å². The van der Waals surface area contributed by atoms with Gasteiger partial charge in [-0.25, -0.2) is 0 Å². The van der Waals surface area contributed by atoms with E-state index < -0.39 is 0 Å². The van der Waals surface area contributed by atoms with Crippen LogP contribution in [0.1, 0.15) is 50.2 Å². The highest BCUT2D eigenvalue weighted by molar-refractivity contribution is 5.89. The lowest BCUT2D eigenvalue weighted by atomic mass is 9.86. The van der Waals surface area contributed by atoms with Crippen LogP contribution in [-0.2, 0) is 4.79 Å². The summed E-state index contributed by atoms with van der Waals surface area (Å²) in [7, 11) is 1.96. The summed E-state index contributed by atoms with van der Waals surface area (Å²) in [5.41, 5.74) is 1.93. The fraction of sp³-hybridized carbons (Fsp3) is 0.480. The number of likely N-dealkylation sites (tertiary alicyclic amines) is 1. The van der Waals surface area contributed by atoms with E-state index in [0.717, 1.165) is 48.7 Å². The largest absolute Gasteiger partial charge is 0.457 e. The van der Waals surface area contributed by atoms with Crippen LogP contribution in [0, 0.1) is 5.92 Å². The van der Waals surface area contributed by atoms with Crippen molar-refractivity contribution in [3.8, 4) is 11.5 Å². The summed E-state index contributed by atoms with van der Waals surface area (Å²) in [5, 5.41) is 0. The van der Waals surface area contributed by atoms with E-state index in [0.29, 0.717) is 12.0 Å². The number of para-hydroxylation sites is 2. The summed E-state index contributed by atoms with van der Waals surface area (Å²) in [4.78, 5) is 18.2.